The smallest absolute Gasteiger partial charge is 0.340 e. The number of esters is 1. The number of hydrogen-bond donors (Lipinski definition) is 0. The Morgan fingerprint density at radius 1 is 1.26 bits per heavy atom. The zero-order valence-corrected chi connectivity index (χ0v) is 14.5. The first kappa shape index (κ1) is 17.7. The van der Waals surface area contributed by atoms with Crippen molar-refractivity contribution >= 4 is 33.3 Å². The van der Waals surface area contributed by atoms with E-state index in [2.05, 4.69) is 0 Å². The first-order chi connectivity index (χ1) is 10.7. The van der Waals surface area contributed by atoms with Crippen LogP contribution < -0.4 is 0 Å². The molecule has 1 aromatic rings. The van der Waals surface area contributed by atoms with Crippen LogP contribution in [0.3, 0.4) is 0 Å². The van der Waals surface area contributed by atoms with Crippen LogP contribution in [0.5, 0.6) is 0 Å². The van der Waals surface area contributed by atoms with Crippen molar-refractivity contribution in [2.24, 2.45) is 0 Å². The largest absolute Gasteiger partial charge is 0.449 e. The van der Waals surface area contributed by atoms with E-state index in [0.717, 1.165) is 25.2 Å². The van der Waals surface area contributed by atoms with E-state index in [9.17, 15) is 18.0 Å². The van der Waals surface area contributed by atoms with Crippen molar-refractivity contribution in [3.8, 4) is 0 Å². The van der Waals surface area contributed by atoms with Crippen LogP contribution in [0.15, 0.2) is 23.1 Å². The van der Waals surface area contributed by atoms with Gasteiger partial charge in [-0.2, -0.15) is 0 Å². The van der Waals surface area contributed by atoms with Crippen molar-refractivity contribution < 1.29 is 22.7 Å². The maximum absolute atomic E-state index is 12.2. The monoisotopic (exact) mass is 359 g/mol. The first-order valence-corrected chi connectivity index (χ1v) is 9.46. The molecule has 6 nitrogen and oxygen atoms in total. The van der Waals surface area contributed by atoms with E-state index in [-0.39, 0.29) is 21.4 Å². The quantitative estimate of drug-likeness (QED) is 0.767. The number of sulfone groups is 1. The summed E-state index contributed by atoms with van der Waals surface area (Å²) in [6, 6.07) is 3.79. The fraction of sp³-hybridized carbons (Fsp3) is 0.467. The zero-order valence-electron chi connectivity index (χ0n) is 12.9. The summed E-state index contributed by atoms with van der Waals surface area (Å²) in [7, 11) is -3.48. The number of hydrogen-bond acceptors (Lipinski definition) is 5. The number of nitrogens with zero attached hydrogens (tertiary/aromatic N) is 1. The lowest BCUT2D eigenvalue weighted by Gasteiger charge is -2.20. The number of rotatable bonds is 4. The number of amides is 1. The molecule has 1 amide bonds. The highest BCUT2D eigenvalue weighted by molar-refractivity contribution is 7.90. The Labute approximate surface area is 140 Å². The lowest BCUT2D eigenvalue weighted by molar-refractivity contribution is -0.138. The Hall–Kier alpha value is -1.60. The van der Waals surface area contributed by atoms with E-state index in [1.807, 2.05) is 0 Å². The normalized spacial score (nSPS) is 16.2. The first-order valence-electron chi connectivity index (χ1n) is 7.19. The van der Waals surface area contributed by atoms with E-state index in [0.29, 0.717) is 13.1 Å². The Morgan fingerprint density at radius 3 is 2.43 bits per heavy atom. The number of ether oxygens (including phenoxy) is 1. The summed E-state index contributed by atoms with van der Waals surface area (Å²) in [5.74, 6) is -1.08. The molecule has 1 heterocycles. The molecule has 1 aliphatic heterocycles. The van der Waals surface area contributed by atoms with Gasteiger partial charge < -0.3 is 9.64 Å². The van der Waals surface area contributed by atoms with Crippen molar-refractivity contribution in [1.29, 1.82) is 0 Å². The summed E-state index contributed by atoms with van der Waals surface area (Å²) < 4.78 is 28.3. The molecular formula is C15H18ClNO5S. The minimum atomic E-state index is -3.48. The molecule has 1 aliphatic rings. The molecule has 0 bridgehead atoms. The molecule has 23 heavy (non-hydrogen) atoms. The van der Waals surface area contributed by atoms with Crippen LogP contribution in [0, 0.1) is 0 Å². The highest BCUT2D eigenvalue weighted by atomic mass is 35.5. The molecule has 0 unspecified atom stereocenters. The van der Waals surface area contributed by atoms with Crippen LogP contribution in [-0.4, -0.2) is 50.6 Å². The number of benzene rings is 1. The topological polar surface area (TPSA) is 80.8 Å². The molecule has 1 atom stereocenters. The Morgan fingerprint density at radius 2 is 1.87 bits per heavy atom. The summed E-state index contributed by atoms with van der Waals surface area (Å²) in [5.41, 5.74) is -0.0735. The van der Waals surface area contributed by atoms with Gasteiger partial charge >= 0.3 is 5.97 Å². The molecule has 8 heteroatoms. The van der Waals surface area contributed by atoms with Gasteiger partial charge in [0, 0.05) is 19.3 Å². The van der Waals surface area contributed by atoms with E-state index in [1.165, 1.54) is 19.1 Å². The lowest BCUT2D eigenvalue weighted by Crippen LogP contribution is -2.38. The standard InChI is InChI=1S/C15H18ClNO5S/c1-10(14(18)17-7-3-4-8-17)22-15(19)12-9-11(23(2,20)21)5-6-13(12)16/h5-6,9-10H,3-4,7-8H2,1-2H3/t10-/m0/s1. The van der Waals surface area contributed by atoms with E-state index >= 15 is 0 Å². The van der Waals surface area contributed by atoms with Crippen LogP contribution >= 0.6 is 11.6 Å². The second-order valence-electron chi connectivity index (χ2n) is 5.49. The fourth-order valence-corrected chi connectivity index (χ4v) is 3.20. The van der Waals surface area contributed by atoms with Gasteiger partial charge in [0.1, 0.15) is 0 Å². The van der Waals surface area contributed by atoms with Crippen LogP contribution in [0.1, 0.15) is 30.1 Å². The molecule has 0 saturated carbocycles. The van der Waals surface area contributed by atoms with E-state index in [1.54, 1.807) is 4.90 Å². The van der Waals surface area contributed by atoms with Crippen molar-refractivity contribution in [2.45, 2.75) is 30.8 Å². The van der Waals surface area contributed by atoms with Crippen LogP contribution in [0.2, 0.25) is 5.02 Å². The van der Waals surface area contributed by atoms with Gasteiger partial charge in [-0.15, -0.1) is 0 Å². The molecule has 126 valence electrons. The van der Waals surface area contributed by atoms with Crippen molar-refractivity contribution in [3.63, 3.8) is 0 Å². The van der Waals surface area contributed by atoms with Crippen LogP contribution in [0.25, 0.3) is 0 Å². The van der Waals surface area contributed by atoms with Gasteiger partial charge in [-0.3, -0.25) is 4.79 Å². The number of halogens is 1. The van der Waals surface area contributed by atoms with E-state index < -0.39 is 21.9 Å². The Bertz CT molecular complexity index is 725. The molecule has 0 aromatic heterocycles. The second kappa shape index (κ2) is 6.88. The van der Waals surface area contributed by atoms with Crippen molar-refractivity contribution in [2.75, 3.05) is 19.3 Å². The highest BCUT2D eigenvalue weighted by Gasteiger charge is 2.27. The van der Waals surface area contributed by atoms with Gasteiger partial charge in [-0.25, -0.2) is 13.2 Å². The average molecular weight is 360 g/mol. The third-order valence-electron chi connectivity index (χ3n) is 3.64. The fourth-order valence-electron chi connectivity index (χ4n) is 2.36. The molecule has 1 fully saturated rings. The minimum Gasteiger partial charge on any atom is -0.449 e. The number of carbonyl (C=O) groups is 2. The molecule has 0 radical (unpaired) electrons. The van der Waals surface area contributed by atoms with Gasteiger partial charge in [0.2, 0.25) is 0 Å². The summed E-state index contributed by atoms with van der Waals surface area (Å²) in [5, 5.41) is 0.0724. The average Bonchev–Trinajstić information content (AvgIpc) is 2.99. The summed E-state index contributed by atoms with van der Waals surface area (Å²) in [6.07, 6.45) is 1.97. The number of likely N-dealkylation sites (tertiary alicyclic amines) is 1. The highest BCUT2D eigenvalue weighted by Crippen LogP contribution is 2.22. The summed E-state index contributed by atoms with van der Waals surface area (Å²) in [6.45, 7) is 2.81. The summed E-state index contributed by atoms with van der Waals surface area (Å²) >= 11 is 5.94. The van der Waals surface area contributed by atoms with Gasteiger partial charge in [0.05, 0.1) is 15.5 Å². The minimum absolute atomic E-state index is 0.0348. The zero-order chi connectivity index (χ0) is 17.2. The van der Waals surface area contributed by atoms with Gasteiger partial charge in [-0.05, 0) is 38.0 Å². The molecule has 1 saturated heterocycles. The third kappa shape index (κ3) is 4.23. The third-order valence-corrected chi connectivity index (χ3v) is 5.08. The maximum Gasteiger partial charge on any atom is 0.340 e. The van der Waals surface area contributed by atoms with Gasteiger partial charge in [0.25, 0.3) is 5.91 Å². The molecule has 0 aliphatic carbocycles. The lowest BCUT2D eigenvalue weighted by atomic mass is 10.2. The van der Waals surface area contributed by atoms with Crippen LogP contribution in [0.4, 0.5) is 0 Å². The molecule has 2 rings (SSSR count). The van der Waals surface area contributed by atoms with Gasteiger partial charge in [-0.1, -0.05) is 11.6 Å². The number of carbonyl (C=O) groups excluding carboxylic acids is 2. The predicted octanol–water partition coefficient (Wildman–Crippen LogP) is 1.91. The maximum atomic E-state index is 12.2. The van der Waals surface area contributed by atoms with Crippen LogP contribution in [-0.2, 0) is 19.4 Å². The van der Waals surface area contributed by atoms with Gasteiger partial charge in [0.15, 0.2) is 15.9 Å². The molecular weight excluding hydrogens is 342 g/mol. The predicted molar refractivity (Wildman–Crippen MR) is 85.3 cm³/mol. The summed E-state index contributed by atoms with van der Waals surface area (Å²) in [4.78, 5) is 26.0. The Kier molecular flexibility index (Phi) is 5.31. The molecule has 0 N–H and O–H groups in total. The molecule has 1 aromatic carbocycles. The second-order valence-corrected chi connectivity index (χ2v) is 7.92. The Balaban J connectivity index is 2.15. The van der Waals surface area contributed by atoms with E-state index in [4.69, 9.17) is 16.3 Å². The SMILES string of the molecule is C[C@H](OC(=O)c1cc(S(C)(=O)=O)ccc1Cl)C(=O)N1CCCC1. The molecule has 0 spiro atoms. The van der Waals surface area contributed by atoms with Crippen molar-refractivity contribution in [1.82, 2.24) is 4.90 Å². The van der Waals surface area contributed by atoms with Crippen molar-refractivity contribution in [3.05, 3.63) is 28.8 Å².